The van der Waals surface area contributed by atoms with E-state index < -0.39 is 8.07 Å². The Bertz CT molecular complexity index is 3170. The van der Waals surface area contributed by atoms with Gasteiger partial charge in [-0.05, 0) is 76.3 Å². The van der Waals surface area contributed by atoms with Crippen molar-refractivity contribution in [2.45, 2.75) is 0 Å². The first-order valence-corrected chi connectivity index (χ1v) is 22.8. The topological polar surface area (TPSA) is 38.7 Å². The van der Waals surface area contributed by atoms with E-state index in [4.69, 9.17) is 15.0 Å². The second-order valence-electron chi connectivity index (χ2n) is 15.5. The van der Waals surface area contributed by atoms with Crippen LogP contribution in [0.1, 0.15) is 0 Å². The fourth-order valence-electron chi connectivity index (χ4n) is 9.19. The lowest BCUT2D eigenvalue weighted by molar-refractivity contribution is 1.07. The zero-order valence-corrected chi connectivity index (χ0v) is 34.4. The Hall–Kier alpha value is -7.79. The van der Waals surface area contributed by atoms with Crippen LogP contribution in [-0.4, -0.2) is 23.0 Å². The summed E-state index contributed by atoms with van der Waals surface area (Å²) < 4.78 is 0. The molecule has 11 aromatic rings. The van der Waals surface area contributed by atoms with Crippen LogP contribution < -0.4 is 20.7 Å². The maximum Gasteiger partial charge on any atom is 0.179 e. The molecule has 0 saturated heterocycles. The molecule has 10 aromatic carbocycles. The van der Waals surface area contributed by atoms with Gasteiger partial charge in [0.1, 0.15) is 0 Å². The molecule has 286 valence electrons. The van der Waals surface area contributed by atoms with E-state index in [2.05, 4.69) is 176 Å². The van der Waals surface area contributed by atoms with Crippen molar-refractivity contribution in [1.82, 2.24) is 15.0 Å². The molecular weight excluding hydrogens is 755 g/mol. The van der Waals surface area contributed by atoms with Crippen LogP contribution in [0, 0.1) is 0 Å². The minimum absolute atomic E-state index is 0.647. The number of hydrogen-bond acceptors (Lipinski definition) is 3. The Kier molecular flexibility index (Phi) is 9.18. The van der Waals surface area contributed by atoms with E-state index in [0.29, 0.717) is 17.5 Å². The molecule has 0 N–H and O–H groups in total. The molecule has 3 nitrogen and oxygen atoms in total. The summed E-state index contributed by atoms with van der Waals surface area (Å²) in [4.78, 5) is 15.1. The van der Waals surface area contributed by atoms with Crippen molar-refractivity contribution >= 4 is 61.1 Å². The Morgan fingerprint density at radius 2 is 0.525 bits per heavy atom. The summed E-state index contributed by atoms with van der Waals surface area (Å²) in [6.07, 6.45) is 0. The van der Waals surface area contributed by atoms with E-state index >= 15 is 0 Å². The zero-order valence-electron chi connectivity index (χ0n) is 33.4. The maximum atomic E-state index is 5.07. The summed E-state index contributed by atoms with van der Waals surface area (Å²) in [5.41, 5.74) is 5.23. The zero-order chi connectivity index (χ0) is 40.6. The number of rotatable bonds is 8. The third kappa shape index (κ3) is 6.42. The van der Waals surface area contributed by atoms with Gasteiger partial charge in [0.05, 0.1) is 0 Å². The SMILES string of the molecule is c1ccc(-c2nc(-c3ccccc3)nc(-c3ccc4c5ccccc5c5cc(-c6ccc([Si](c7ccccc7)(c7ccccc7)c7ccccc7)cc6)ccc5c4c3)n2)cc1. The molecule has 0 saturated carbocycles. The smallest absolute Gasteiger partial charge is 0.179 e. The predicted molar refractivity (Wildman–Crippen MR) is 258 cm³/mol. The van der Waals surface area contributed by atoms with Gasteiger partial charge in [-0.15, -0.1) is 0 Å². The van der Waals surface area contributed by atoms with Crippen molar-refractivity contribution in [3.05, 3.63) is 237 Å². The summed E-state index contributed by atoms with van der Waals surface area (Å²) in [7, 11) is -2.63. The van der Waals surface area contributed by atoms with E-state index in [-0.39, 0.29) is 0 Å². The summed E-state index contributed by atoms with van der Waals surface area (Å²) in [6.45, 7) is 0. The first-order chi connectivity index (χ1) is 30.2. The highest BCUT2D eigenvalue weighted by molar-refractivity contribution is 7.19. The molecule has 1 aromatic heterocycles. The Balaban J connectivity index is 1.06. The van der Waals surface area contributed by atoms with Crippen LogP contribution >= 0.6 is 0 Å². The molecule has 61 heavy (non-hydrogen) atoms. The monoisotopic (exact) mass is 793 g/mol. The van der Waals surface area contributed by atoms with Gasteiger partial charge in [0.25, 0.3) is 0 Å². The third-order valence-electron chi connectivity index (χ3n) is 12.1. The largest absolute Gasteiger partial charge is 0.208 e. The lowest BCUT2D eigenvalue weighted by Crippen LogP contribution is -2.74. The van der Waals surface area contributed by atoms with E-state index in [1.165, 1.54) is 64.2 Å². The number of nitrogens with zero attached hydrogens (tertiary/aromatic N) is 3. The molecule has 0 unspecified atom stereocenters. The molecule has 0 aliphatic carbocycles. The summed E-state index contributed by atoms with van der Waals surface area (Å²) in [6, 6.07) is 85.4. The van der Waals surface area contributed by atoms with Crippen molar-refractivity contribution in [2.75, 3.05) is 0 Å². The van der Waals surface area contributed by atoms with Gasteiger partial charge in [-0.1, -0.05) is 224 Å². The quantitative estimate of drug-likeness (QED) is 0.0874. The fourth-order valence-corrected chi connectivity index (χ4v) is 13.9. The van der Waals surface area contributed by atoms with Gasteiger partial charge in [0, 0.05) is 16.7 Å². The van der Waals surface area contributed by atoms with E-state index in [1.54, 1.807) is 0 Å². The first kappa shape index (κ1) is 36.3. The molecule has 11 rings (SSSR count). The van der Waals surface area contributed by atoms with Gasteiger partial charge >= 0.3 is 0 Å². The lowest BCUT2D eigenvalue weighted by atomic mass is 9.91. The molecular formula is C57H39N3Si. The molecule has 0 bridgehead atoms. The van der Waals surface area contributed by atoms with Crippen LogP contribution in [0.3, 0.4) is 0 Å². The fraction of sp³-hybridized carbons (Fsp3) is 0. The first-order valence-electron chi connectivity index (χ1n) is 20.8. The molecule has 0 radical (unpaired) electrons. The average molecular weight is 794 g/mol. The number of fused-ring (bicyclic) bond motifs is 6. The van der Waals surface area contributed by atoms with Crippen LogP contribution in [0.4, 0.5) is 0 Å². The van der Waals surface area contributed by atoms with Crippen LogP contribution in [-0.2, 0) is 0 Å². The normalized spacial score (nSPS) is 11.6. The maximum absolute atomic E-state index is 5.07. The van der Waals surface area contributed by atoms with E-state index in [9.17, 15) is 0 Å². The van der Waals surface area contributed by atoms with Gasteiger partial charge in [-0.2, -0.15) is 0 Å². The minimum Gasteiger partial charge on any atom is -0.208 e. The third-order valence-corrected chi connectivity index (χ3v) is 16.9. The standard InChI is InChI=1S/C57H39N3Si/c1-6-18-41(19-7-1)55-58-56(42-20-8-2-9-21-42)60-57(59-55)44-33-37-51-49-28-16-17-29-50(49)53-38-43(32-36-52(53)54(51)39-44)40-30-34-48(35-31-40)61(45-22-10-3-11-23-45,46-24-12-4-13-25-46)47-26-14-5-15-27-47/h1-39H. The Morgan fingerprint density at radius 3 is 1.00 bits per heavy atom. The Morgan fingerprint density at radius 1 is 0.213 bits per heavy atom. The van der Waals surface area contributed by atoms with Gasteiger partial charge < -0.3 is 0 Å². The number of aromatic nitrogens is 3. The molecule has 0 spiro atoms. The van der Waals surface area contributed by atoms with E-state index in [0.717, 1.165) is 16.7 Å². The molecule has 0 fully saturated rings. The molecule has 0 atom stereocenters. The van der Waals surface area contributed by atoms with Gasteiger partial charge in [0.2, 0.25) is 0 Å². The van der Waals surface area contributed by atoms with Crippen LogP contribution in [0.5, 0.6) is 0 Å². The Labute approximate surface area is 356 Å². The summed E-state index contributed by atoms with van der Waals surface area (Å²) in [5, 5.41) is 12.7. The number of hydrogen-bond donors (Lipinski definition) is 0. The number of benzene rings is 10. The highest BCUT2D eigenvalue weighted by Crippen LogP contribution is 2.39. The molecule has 1 heterocycles. The van der Waals surface area contributed by atoms with Gasteiger partial charge in [-0.25, -0.2) is 15.0 Å². The highest BCUT2D eigenvalue weighted by Gasteiger charge is 2.41. The predicted octanol–water partition coefficient (Wildman–Crippen LogP) is 11.4. The van der Waals surface area contributed by atoms with Crippen molar-refractivity contribution in [3.8, 4) is 45.3 Å². The highest BCUT2D eigenvalue weighted by atomic mass is 28.3. The molecule has 0 aliphatic heterocycles. The van der Waals surface area contributed by atoms with Crippen LogP contribution in [0.2, 0.25) is 0 Å². The summed E-state index contributed by atoms with van der Waals surface area (Å²) in [5.74, 6) is 1.95. The van der Waals surface area contributed by atoms with Crippen molar-refractivity contribution in [1.29, 1.82) is 0 Å². The van der Waals surface area contributed by atoms with Crippen molar-refractivity contribution < 1.29 is 0 Å². The lowest BCUT2D eigenvalue weighted by Gasteiger charge is -2.34. The van der Waals surface area contributed by atoms with E-state index in [1.807, 2.05) is 60.7 Å². The second-order valence-corrected chi connectivity index (χ2v) is 19.3. The second kappa shape index (κ2) is 15.4. The van der Waals surface area contributed by atoms with Gasteiger partial charge in [0.15, 0.2) is 25.5 Å². The van der Waals surface area contributed by atoms with Crippen molar-refractivity contribution in [2.24, 2.45) is 0 Å². The summed E-state index contributed by atoms with van der Waals surface area (Å²) >= 11 is 0. The molecule has 0 aliphatic rings. The average Bonchev–Trinajstić information content (AvgIpc) is 3.35. The minimum atomic E-state index is -2.63. The van der Waals surface area contributed by atoms with Gasteiger partial charge in [-0.3, -0.25) is 0 Å². The molecule has 4 heteroatoms. The molecule has 0 amide bonds. The van der Waals surface area contributed by atoms with Crippen molar-refractivity contribution in [3.63, 3.8) is 0 Å². The van der Waals surface area contributed by atoms with Crippen LogP contribution in [0.15, 0.2) is 237 Å². The van der Waals surface area contributed by atoms with Crippen LogP contribution in [0.25, 0.3) is 77.6 Å².